The van der Waals surface area contributed by atoms with Crippen LogP contribution in [0.3, 0.4) is 0 Å². The maximum atomic E-state index is 13.2. The summed E-state index contributed by atoms with van der Waals surface area (Å²) in [5.74, 6) is -3.41. The molecule has 1 amide bonds. The van der Waals surface area contributed by atoms with E-state index in [9.17, 15) is 36.2 Å². The molecule has 0 bridgehead atoms. The first-order valence-corrected chi connectivity index (χ1v) is 9.20. The van der Waals surface area contributed by atoms with Crippen LogP contribution in [0.1, 0.15) is 23.5 Å². The molecule has 1 saturated heterocycles. The van der Waals surface area contributed by atoms with E-state index in [-0.39, 0.29) is 18.5 Å². The van der Waals surface area contributed by atoms with Crippen LogP contribution in [0.5, 0.6) is 5.75 Å². The van der Waals surface area contributed by atoms with E-state index in [1.165, 1.54) is 24.3 Å². The molecule has 0 aliphatic carbocycles. The second-order valence-electron chi connectivity index (χ2n) is 6.97. The molecule has 1 aliphatic heterocycles. The number of aliphatic hydroxyl groups is 1. The van der Waals surface area contributed by atoms with Crippen molar-refractivity contribution in [2.45, 2.75) is 31.1 Å². The molecule has 0 radical (unpaired) electrons. The van der Waals surface area contributed by atoms with Gasteiger partial charge in [-0.05, 0) is 42.8 Å². The van der Waals surface area contributed by atoms with E-state index >= 15 is 0 Å². The van der Waals surface area contributed by atoms with Crippen LogP contribution in [0.4, 0.5) is 32.0 Å². The van der Waals surface area contributed by atoms with Crippen molar-refractivity contribution >= 4 is 11.6 Å². The van der Waals surface area contributed by atoms with Crippen LogP contribution in [0.2, 0.25) is 0 Å². The number of hydrogen-bond donors (Lipinski definition) is 3. The first-order valence-electron chi connectivity index (χ1n) is 9.20. The zero-order valence-electron chi connectivity index (χ0n) is 15.8. The highest BCUT2D eigenvalue weighted by molar-refractivity contribution is 5.94. The monoisotopic (exact) mass is 448 g/mol. The van der Waals surface area contributed by atoms with Gasteiger partial charge in [0.05, 0.1) is 17.2 Å². The Bertz CT molecular complexity index is 932. The average molecular weight is 448 g/mol. The van der Waals surface area contributed by atoms with Crippen LogP contribution in [0, 0.1) is 5.92 Å². The molecule has 11 heteroatoms. The minimum Gasteiger partial charge on any atom is -0.406 e. The average Bonchev–Trinajstić information content (AvgIpc) is 2.66. The molecule has 3 atom stereocenters. The number of aliphatic hydroxyl groups excluding tert-OH is 1. The lowest BCUT2D eigenvalue weighted by atomic mass is 9.79. The predicted molar refractivity (Wildman–Crippen MR) is 98.1 cm³/mol. The molecule has 1 aliphatic rings. The maximum absolute atomic E-state index is 13.2. The van der Waals surface area contributed by atoms with Crippen LogP contribution in [-0.4, -0.2) is 30.1 Å². The SMILES string of the molecule is O=C(Nc1ccccc1C(F)(F)F)C1C(O)NCCC1c1cccc(OC(F)(F)F)c1. The number of anilines is 1. The summed E-state index contributed by atoms with van der Waals surface area (Å²) >= 11 is 0. The lowest BCUT2D eigenvalue weighted by Crippen LogP contribution is -2.50. The number of carbonyl (C=O) groups excluding carboxylic acids is 1. The van der Waals surface area contributed by atoms with Gasteiger partial charge in [-0.25, -0.2) is 0 Å². The van der Waals surface area contributed by atoms with E-state index in [4.69, 9.17) is 0 Å². The second kappa shape index (κ2) is 8.75. The number of piperidine rings is 1. The van der Waals surface area contributed by atoms with E-state index < -0.39 is 53.5 Å². The third kappa shape index (κ3) is 5.67. The molecule has 1 heterocycles. The number of hydrogen-bond acceptors (Lipinski definition) is 4. The Hall–Kier alpha value is -2.79. The van der Waals surface area contributed by atoms with E-state index in [2.05, 4.69) is 15.4 Å². The first kappa shape index (κ1) is 22.9. The van der Waals surface area contributed by atoms with Crippen LogP contribution < -0.4 is 15.4 Å². The molecular formula is C20H18F6N2O3. The highest BCUT2D eigenvalue weighted by atomic mass is 19.4. The summed E-state index contributed by atoms with van der Waals surface area (Å²) in [4.78, 5) is 12.9. The summed E-state index contributed by atoms with van der Waals surface area (Å²) in [6.07, 6.45) is -10.8. The van der Waals surface area contributed by atoms with Gasteiger partial charge in [0.25, 0.3) is 0 Å². The lowest BCUT2D eigenvalue weighted by Gasteiger charge is -2.35. The van der Waals surface area contributed by atoms with Crippen LogP contribution >= 0.6 is 0 Å². The van der Waals surface area contributed by atoms with Gasteiger partial charge in [0.1, 0.15) is 12.0 Å². The summed E-state index contributed by atoms with van der Waals surface area (Å²) in [6.45, 7) is 0.249. The van der Waals surface area contributed by atoms with Gasteiger partial charge < -0.3 is 15.2 Å². The lowest BCUT2D eigenvalue weighted by molar-refractivity contribution is -0.274. The number of nitrogens with one attached hydrogen (secondary N) is 2. The molecule has 0 spiro atoms. The summed E-state index contributed by atoms with van der Waals surface area (Å²) in [5.41, 5.74) is -1.25. The van der Waals surface area contributed by atoms with Gasteiger partial charge in [-0.3, -0.25) is 10.1 Å². The van der Waals surface area contributed by atoms with E-state index in [1.54, 1.807) is 0 Å². The molecular weight excluding hydrogens is 430 g/mol. The molecule has 5 nitrogen and oxygen atoms in total. The van der Waals surface area contributed by atoms with Crippen molar-refractivity contribution in [2.75, 3.05) is 11.9 Å². The Morgan fingerprint density at radius 3 is 2.45 bits per heavy atom. The number of amides is 1. The Morgan fingerprint density at radius 2 is 1.77 bits per heavy atom. The Kier molecular flexibility index (Phi) is 6.46. The van der Waals surface area contributed by atoms with Gasteiger partial charge in [-0.1, -0.05) is 24.3 Å². The fourth-order valence-electron chi connectivity index (χ4n) is 3.61. The number of halogens is 6. The van der Waals surface area contributed by atoms with E-state index in [0.717, 1.165) is 24.3 Å². The molecule has 3 rings (SSSR count). The fourth-order valence-corrected chi connectivity index (χ4v) is 3.61. The number of para-hydroxylation sites is 1. The van der Waals surface area contributed by atoms with Crippen LogP contribution in [0.15, 0.2) is 48.5 Å². The molecule has 2 aromatic carbocycles. The quantitative estimate of drug-likeness (QED) is 0.612. The van der Waals surface area contributed by atoms with Crippen LogP contribution in [-0.2, 0) is 11.0 Å². The van der Waals surface area contributed by atoms with Gasteiger partial charge >= 0.3 is 12.5 Å². The number of carbonyl (C=O) groups is 1. The van der Waals surface area contributed by atoms with Gasteiger partial charge in [0.15, 0.2) is 0 Å². The molecule has 3 N–H and O–H groups in total. The van der Waals surface area contributed by atoms with E-state index in [1.807, 2.05) is 0 Å². The zero-order chi connectivity index (χ0) is 22.8. The van der Waals surface area contributed by atoms with Gasteiger partial charge in [-0.2, -0.15) is 13.2 Å². The number of benzene rings is 2. The number of ether oxygens (including phenoxy) is 1. The normalized spacial score (nSPS) is 22.1. The van der Waals surface area contributed by atoms with Gasteiger partial charge in [0.2, 0.25) is 5.91 Å². The Morgan fingerprint density at radius 1 is 1.06 bits per heavy atom. The van der Waals surface area contributed by atoms with Crippen molar-refractivity contribution in [2.24, 2.45) is 5.92 Å². The van der Waals surface area contributed by atoms with Crippen molar-refractivity contribution in [1.82, 2.24) is 5.32 Å². The molecule has 3 unspecified atom stereocenters. The van der Waals surface area contributed by atoms with Crippen molar-refractivity contribution in [3.63, 3.8) is 0 Å². The molecule has 168 valence electrons. The van der Waals surface area contributed by atoms with Crippen molar-refractivity contribution in [1.29, 1.82) is 0 Å². The number of alkyl halides is 6. The molecule has 1 fully saturated rings. The minimum absolute atomic E-state index is 0.249. The van der Waals surface area contributed by atoms with Crippen molar-refractivity contribution < 1.29 is 41.0 Å². The summed E-state index contributed by atoms with van der Waals surface area (Å²) < 4.78 is 81.2. The van der Waals surface area contributed by atoms with E-state index in [0.29, 0.717) is 0 Å². The second-order valence-corrected chi connectivity index (χ2v) is 6.97. The Balaban J connectivity index is 1.89. The summed E-state index contributed by atoms with van der Waals surface area (Å²) in [7, 11) is 0. The highest BCUT2D eigenvalue weighted by Gasteiger charge is 2.40. The van der Waals surface area contributed by atoms with Crippen molar-refractivity contribution in [3.05, 3.63) is 59.7 Å². The summed E-state index contributed by atoms with van der Waals surface area (Å²) in [6, 6.07) is 9.33. The molecule has 2 aromatic rings. The first-order chi connectivity index (χ1) is 14.5. The van der Waals surface area contributed by atoms with Crippen molar-refractivity contribution in [3.8, 4) is 5.75 Å². The van der Waals surface area contributed by atoms with Gasteiger partial charge in [-0.15, -0.1) is 13.2 Å². The topological polar surface area (TPSA) is 70.6 Å². The molecule has 0 saturated carbocycles. The smallest absolute Gasteiger partial charge is 0.406 e. The maximum Gasteiger partial charge on any atom is 0.573 e. The zero-order valence-corrected chi connectivity index (χ0v) is 15.8. The standard InChI is InChI=1S/C20H18F6N2O3/c21-19(22,23)14-6-1-2-7-15(14)28-18(30)16-13(8-9-27-17(16)29)11-4-3-5-12(10-11)31-20(24,25)26/h1-7,10,13,16-17,27,29H,8-9H2,(H,28,30). The third-order valence-electron chi connectivity index (χ3n) is 4.90. The fraction of sp³-hybridized carbons (Fsp3) is 0.350. The largest absolute Gasteiger partial charge is 0.573 e. The minimum atomic E-state index is -4.91. The Labute approximate surface area is 173 Å². The van der Waals surface area contributed by atoms with Crippen LogP contribution in [0.25, 0.3) is 0 Å². The molecule has 31 heavy (non-hydrogen) atoms. The highest BCUT2D eigenvalue weighted by Crippen LogP contribution is 2.38. The number of rotatable bonds is 4. The summed E-state index contributed by atoms with van der Waals surface area (Å²) in [5, 5.41) is 15.2. The molecule has 0 aromatic heterocycles. The third-order valence-corrected chi connectivity index (χ3v) is 4.90. The predicted octanol–water partition coefficient (Wildman–Crippen LogP) is 4.25. The van der Waals surface area contributed by atoms with Gasteiger partial charge in [0, 0.05) is 5.92 Å².